The predicted molar refractivity (Wildman–Crippen MR) is 111 cm³/mol. The molecule has 1 fully saturated rings. The van der Waals surface area contributed by atoms with Crippen molar-refractivity contribution in [2.45, 2.75) is 40.3 Å². The Bertz CT molecular complexity index is 1190. The standard InChI is InChI=1S/C21H18F2N2O3S2/c22-21(23)30(27,28)15-9-5-13(6-10-15)12-29-19-11-17(20(26)24-14-7-8-14)16-3-1-2-4-18(16)25-19/h1-6,9-11,14,21H,7-8,12H2,(H,24,26). The molecule has 1 N–H and O–H groups in total. The Morgan fingerprint density at radius 3 is 2.50 bits per heavy atom. The number of nitrogens with zero attached hydrogens (tertiary/aromatic N) is 1. The van der Waals surface area contributed by atoms with Gasteiger partial charge in [0, 0.05) is 17.2 Å². The molecule has 156 valence electrons. The maximum Gasteiger partial charge on any atom is 0.341 e. The van der Waals surface area contributed by atoms with E-state index in [1.807, 2.05) is 24.3 Å². The fraction of sp³-hybridized carbons (Fsp3) is 0.238. The minimum absolute atomic E-state index is 0.125. The van der Waals surface area contributed by atoms with Crippen LogP contribution in [0.25, 0.3) is 10.9 Å². The van der Waals surface area contributed by atoms with E-state index in [4.69, 9.17) is 0 Å². The summed E-state index contributed by atoms with van der Waals surface area (Å²) >= 11 is 1.39. The van der Waals surface area contributed by atoms with Gasteiger partial charge in [-0.3, -0.25) is 4.79 Å². The third-order valence-corrected chi connectivity index (χ3v) is 7.10. The van der Waals surface area contributed by atoms with E-state index < -0.39 is 20.5 Å². The molecule has 1 amide bonds. The van der Waals surface area contributed by atoms with E-state index in [1.54, 1.807) is 6.07 Å². The first-order valence-electron chi connectivity index (χ1n) is 9.29. The van der Waals surface area contributed by atoms with Gasteiger partial charge in [-0.2, -0.15) is 8.78 Å². The molecule has 2 aromatic carbocycles. The number of pyridine rings is 1. The zero-order chi connectivity index (χ0) is 21.3. The van der Waals surface area contributed by atoms with E-state index in [0.29, 0.717) is 21.9 Å². The van der Waals surface area contributed by atoms with Crippen molar-refractivity contribution in [3.63, 3.8) is 0 Å². The van der Waals surface area contributed by atoms with Crippen LogP contribution in [-0.2, 0) is 15.6 Å². The van der Waals surface area contributed by atoms with Gasteiger partial charge in [-0.25, -0.2) is 13.4 Å². The molecule has 3 aromatic rings. The molecule has 1 aliphatic carbocycles. The third kappa shape index (κ3) is 4.46. The predicted octanol–water partition coefficient (Wildman–Crippen LogP) is 4.42. The van der Waals surface area contributed by atoms with E-state index in [9.17, 15) is 22.0 Å². The van der Waals surface area contributed by atoms with Crippen LogP contribution in [0.2, 0.25) is 0 Å². The normalized spacial score (nSPS) is 14.2. The Morgan fingerprint density at radius 1 is 1.13 bits per heavy atom. The Balaban J connectivity index is 1.54. The summed E-state index contributed by atoms with van der Waals surface area (Å²) < 4.78 is 48.4. The van der Waals surface area contributed by atoms with Crippen LogP contribution in [0, 0.1) is 0 Å². The van der Waals surface area contributed by atoms with Crippen LogP contribution in [0.5, 0.6) is 0 Å². The molecule has 0 saturated heterocycles. The molecule has 30 heavy (non-hydrogen) atoms. The fourth-order valence-corrected chi connectivity index (χ4v) is 4.53. The summed E-state index contributed by atoms with van der Waals surface area (Å²) in [4.78, 5) is 16.8. The smallest absolute Gasteiger partial charge is 0.341 e. The zero-order valence-electron chi connectivity index (χ0n) is 15.7. The van der Waals surface area contributed by atoms with Crippen molar-refractivity contribution < 1.29 is 22.0 Å². The Labute approximate surface area is 176 Å². The maximum atomic E-state index is 12.7. The number of amides is 1. The number of halogens is 2. The largest absolute Gasteiger partial charge is 0.349 e. The molecular weight excluding hydrogens is 430 g/mol. The second kappa shape index (κ2) is 8.31. The quantitative estimate of drug-likeness (QED) is 0.542. The van der Waals surface area contributed by atoms with Crippen LogP contribution >= 0.6 is 11.8 Å². The molecule has 0 atom stereocenters. The number of thioether (sulfide) groups is 1. The van der Waals surface area contributed by atoms with E-state index in [1.165, 1.54) is 36.0 Å². The highest BCUT2D eigenvalue weighted by molar-refractivity contribution is 7.98. The number of hydrogen-bond donors (Lipinski definition) is 1. The van der Waals surface area contributed by atoms with Gasteiger partial charge >= 0.3 is 5.76 Å². The monoisotopic (exact) mass is 448 g/mol. The number of benzene rings is 2. The maximum absolute atomic E-state index is 12.7. The van der Waals surface area contributed by atoms with Crippen molar-refractivity contribution >= 4 is 38.4 Å². The van der Waals surface area contributed by atoms with Gasteiger partial charge in [-0.1, -0.05) is 30.3 Å². The number of carbonyl (C=O) groups excluding carboxylic acids is 1. The summed E-state index contributed by atoms with van der Waals surface area (Å²) in [5.74, 6) is -3.12. The molecule has 5 nitrogen and oxygen atoms in total. The van der Waals surface area contributed by atoms with Crippen LogP contribution in [0.1, 0.15) is 28.8 Å². The summed E-state index contributed by atoms with van der Waals surface area (Å²) in [5, 5.41) is 4.43. The highest BCUT2D eigenvalue weighted by atomic mass is 32.2. The minimum Gasteiger partial charge on any atom is -0.349 e. The number of alkyl halides is 2. The lowest BCUT2D eigenvalue weighted by atomic mass is 10.1. The highest BCUT2D eigenvalue weighted by Crippen LogP contribution is 2.28. The van der Waals surface area contributed by atoms with Gasteiger partial charge in [-0.05, 0) is 42.7 Å². The Morgan fingerprint density at radius 2 is 1.83 bits per heavy atom. The number of hydrogen-bond acceptors (Lipinski definition) is 5. The van der Waals surface area contributed by atoms with Gasteiger partial charge < -0.3 is 5.32 Å². The number of sulfone groups is 1. The topological polar surface area (TPSA) is 76.1 Å². The molecule has 0 unspecified atom stereocenters. The van der Waals surface area contributed by atoms with Crippen LogP contribution in [0.4, 0.5) is 8.78 Å². The average Bonchev–Trinajstić information content (AvgIpc) is 3.55. The molecule has 1 heterocycles. The number of nitrogens with one attached hydrogen (secondary N) is 1. The van der Waals surface area contributed by atoms with Gasteiger partial charge in [0.2, 0.25) is 9.84 Å². The van der Waals surface area contributed by atoms with Gasteiger partial charge in [0.1, 0.15) is 0 Å². The number of rotatable bonds is 7. The van der Waals surface area contributed by atoms with Crippen molar-refractivity contribution in [2.75, 3.05) is 0 Å². The van der Waals surface area contributed by atoms with Crippen molar-refractivity contribution in [3.8, 4) is 0 Å². The molecule has 0 aliphatic heterocycles. The SMILES string of the molecule is O=C(NC1CC1)c1cc(SCc2ccc(S(=O)(=O)C(F)F)cc2)nc2ccccc12. The summed E-state index contributed by atoms with van der Waals surface area (Å²) in [5.41, 5.74) is 2.03. The highest BCUT2D eigenvalue weighted by Gasteiger charge is 2.26. The number of fused-ring (bicyclic) bond motifs is 1. The van der Waals surface area contributed by atoms with Gasteiger partial charge in [-0.15, -0.1) is 11.8 Å². The van der Waals surface area contributed by atoms with Crippen molar-refractivity contribution in [1.29, 1.82) is 0 Å². The molecule has 4 rings (SSSR count). The third-order valence-electron chi connectivity index (χ3n) is 4.72. The summed E-state index contributed by atoms with van der Waals surface area (Å²) in [7, 11) is -4.60. The first kappa shape index (κ1) is 20.7. The molecule has 1 aromatic heterocycles. The van der Waals surface area contributed by atoms with Crippen LogP contribution in [-0.4, -0.2) is 31.1 Å². The minimum atomic E-state index is -4.60. The zero-order valence-corrected chi connectivity index (χ0v) is 17.3. The average molecular weight is 449 g/mol. The van der Waals surface area contributed by atoms with E-state index in [-0.39, 0.29) is 11.9 Å². The van der Waals surface area contributed by atoms with E-state index >= 15 is 0 Å². The lowest BCUT2D eigenvalue weighted by Gasteiger charge is -2.10. The summed E-state index contributed by atoms with van der Waals surface area (Å²) in [6.07, 6.45) is 1.99. The second-order valence-corrected chi connectivity index (χ2v) is 9.92. The second-order valence-electron chi connectivity index (χ2n) is 7.01. The number of aromatic nitrogens is 1. The lowest BCUT2D eigenvalue weighted by Crippen LogP contribution is -2.25. The fourth-order valence-electron chi connectivity index (χ4n) is 2.94. The van der Waals surface area contributed by atoms with Gasteiger partial charge in [0.05, 0.1) is 21.0 Å². The van der Waals surface area contributed by atoms with Gasteiger partial charge in [0.15, 0.2) is 0 Å². The molecule has 1 aliphatic rings. The number of carbonyl (C=O) groups is 1. The molecule has 0 radical (unpaired) electrons. The molecular formula is C21H18F2N2O3S2. The Hall–Kier alpha value is -2.52. The molecule has 1 saturated carbocycles. The first-order valence-corrected chi connectivity index (χ1v) is 11.8. The van der Waals surface area contributed by atoms with Crippen molar-refractivity contribution in [1.82, 2.24) is 10.3 Å². The van der Waals surface area contributed by atoms with Crippen LogP contribution in [0.15, 0.2) is 64.5 Å². The summed E-state index contributed by atoms with van der Waals surface area (Å²) in [6, 6.07) is 14.8. The van der Waals surface area contributed by atoms with Crippen molar-refractivity contribution in [2.24, 2.45) is 0 Å². The lowest BCUT2D eigenvalue weighted by molar-refractivity contribution is 0.0952. The molecule has 0 spiro atoms. The van der Waals surface area contributed by atoms with Gasteiger partial charge in [0.25, 0.3) is 5.91 Å². The van der Waals surface area contributed by atoms with Crippen LogP contribution in [0.3, 0.4) is 0 Å². The van der Waals surface area contributed by atoms with E-state index in [2.05, 4.69) is 10.3 Å². The Kier molecular flexibility index (Phi) is 5.75. The van der Waals surface area contributed by atoms with Crippen molar-refractivity contribution in [3.05, 3.63) is 65.7 Å². The van der Waals surface area contributed by atoms with E-state index in [0.717, 1.165) is 23.8 Å². The molecule has 0 bridgehead atoms. The molecule has 9 heteroatoms. The number of para-hydroxylation sites is 1. The summed E-state index contributed by atoms with van der Waals surface area (Å²) in [6.45, 7) is 0. The first-order chi connectivity index (χ1) is 14.3. The van der Waals surface area contributed by atoms with Crippen LogP contribution < -0.4 is 5.32 Å².